The number of hydrogen-bond donors (Lipinski definition) is 1. The lowest BCUT2D eigenvalue weighted by molar-refractivity contribution is 0.0948. The van der Waals surface area contributed by atoms with Crippen molar-refractivity contribution in [3.05, 3.63) is 17.7 Å². The van der Waals surface area contributed by atoms with E-state index in [9.17, 15) is 4.79 Å². The number of rotatable bonds is 5. The van der Waals surface area contributed by atoms with Crippen molar-refractivity contribution >= 4 is 52.3 Å². The molecule has 0 aliphatic heterocycles. The van der Waals surface area contributed by atoms with Gasteiger partial charge in [0.1, 0.15) is 0 Å². The average Bonchev–Trinajstić information content (AvgIpc) is 2.44. The molecule has 0 spiro atoms. The minimum absolute atomic E-state index is 0.212. The Hall–Kier alpha value is -0.750. The molecule has 1 N–H and O–H groups in total. The van der Waals surface area contributed by atoms with Crippen LogP contribution >= 0.6 is 46.4 Å². The molecule has 0 saturated heterocycles. The zero-order valence-corrected chi connectivity index (χ0v) is 14.4. The van der Waals surface area contributed by atoms with Gasteiger partial charge in [-0.15, -0.1) is 0 Å². The maximum atomic E-state index is 12.1. The predicted octanol–water partition coefficient (Wildman–Crippen LogP) is 3.38. The van der Waals surface area contributed by atoms with E-state index in [4.69, 9.17) is 60.6 Å². The van der Waals surface area contributed by atoms with Crippen LogP contribution in [0.15, 0.2) is 12.1 Å². The zero-order valence-electron chi connectivity index (χ0n) is 11.4. The van der Waals surface area contributed by atoms with Gasteiger partial charge in [-0.25, -0.2) is 0 Å². The molecule has 0 radical (unpaired) electrons. The molecule has 0 saturated carbocycles. The number of amides is 1. The van der Waals surface area contributed by atoms with Gasteiger partial charge in [-0.2, -0.15) is 0 Å². The van der Waals surface area contributed by atoms with Gasteiger partial charge in [0.05, 0.1) is 21.3 Å². The zero-order chi connectivity index (χ0) is 16.2. The third-order valence-corrected chi connectivity index (χ3v) is 3.90. The Labute approximate surface area is 142 Å². The van der Waals surface area contributed by atoms with Crippen LogP contribution in [-0.2, 0) is 0 Å². The Bertz CT molecular complexity index is 493. The molecule has 1 unspecified atom stereocenters. The van der Waals surface area contributed by atoms with Crippen LogP contribution in [0, 0.1) is 0 Å². The molecule has 0 bridgehead atoms. The van der Waals surface area contributed by atoms with Crippen LogP contribution in [-0.4, -0.2) is 36.5 Å². The fourth-order valence-corrected chi connectivity index (χ4v) is 1.76. The van der Waals surface area contributed by atoms with E-state index >= 15 is 0 Å². The summed E-state index contributed by atoms with van der Waals surface area (Å²) < 4.78 is 13.6. The Morgan fingerprint density at radius 1 is 1.10 bits per heavy atom. The molecule has 1 aromatic rings. The van der Waals surface area contributed by atoms with Crippen molar-refractivity contribution < 1.29 is 19.0 Å². The molecule has 118 valence electrons. The van der Waals surface area contributed by atoms with Crippen molar-refractivity contribution in [2.24, 2.45) is 0 Å². The van der Waals surface area contributed by atoms with Gasteiger partial charge < -0.3 is 19.5 Å². The smallest absolute Gasteiger partial charge is 0.252 e. The first-order chi connectivity index (χ1) is 9.74. The number of hydrogen-bond acceptors (Lipinski definition) is 4. The second-order valence-corrected chi connectivity index (χ2v) is 6.60. The molecular weight excluding hydrogens is 364 g/mol. The SMILES string of the molecule is COc1cc(C(=O)NC(Cl)C(Cl)(Cl)Cl)cc(OC)c1OC. The van der Waals surface area contributed by atoms with Crippen LogP contribution in [0.3, 0.4) is 0 Å². The van der Waals surface area contributed by atoms with Crippen molar-refractivity contribution in [3.8, 4) is 17.2 Å². The van der Waals surface area contributed by atoms with Crippen molar-refractivity contribution in [2.75, 3.05) is 21.3 Å². The average molecular weight is 377 g/mol. The third-order valence-electron chi connectivity index (χ3n) is 2.47. The van der Waals surface area contributed by atoms with E-state index < -0.39 is 15.2 Å². The van der Waals surface area contributed by atoms with Gasteiger partial charge in [-0.3, -0.25) is 4.79 Å². The fraction of sp³-hybridized carbons (Fsp3) is 0.417. The van der Waals surface area contributed by atoms with Gasteiger partial charge in [-0.05, 0) is 12.1 Å². The van der Waals surface area contributed by atoms with E-state index in [1.165, 1.54) is 33.5 Å². The molecule has 1 atom stereocenters. The van der Waals surface area contributed by atoms with E-state index in [1.54, 1.807) is 0 Å². The van der Waals surface area contributed by atoms with E-state index in [-0.39, 0.29) is 5.56 Å². The van der Waals surface area contributed by atoms with Crippen LogP contribution in [0.1, 0.15) is 10.4 Å². The molecule has 0 aliphatic rings. The molecule has 1 aromatic carbocycles. The standard InChI is InChI=1S/C12H13Cl4NO4/c1-19-7-4-6(5-8(20-2)9(7)21-3)10(18)17-11(13)12(14,15)16/h4-5,11H,1-3H3,(H,17,18). The van der Waals surface area contributed by atoms with Crippen LogP contribution in [0.2, 0.25) is 0 Å². The first kappa shape index (κ1) is 18.3. The topological polar surface area (TPSA) is 56.8 Å². The Morgan fingerprint density at radius 2 is 1.57 bits per heavy atom. The van der Waals surface area contributed by atoms with Gasteiger partial charge in [-0.1, -0.05) is 46.4 Å². The summed E-state index contributed by atoms with van der Waals surface area (Å²) >= 11 is 22.6. The van der Waals surface area contributed by atoms with Crippen molar-refractivity contribution in [1.29, 1.82) is 0 Å². The second kappa shape index (κ2) is 7.49. The molecule has 21 heavy (non-hydrogen) atoms. The summed E-state index contributed by atoms with van der Waals surface area (Å²) in [6, 6.07) is 2.91. The van der Waals surface area contributed by atoms with E-state index in [0.717, 1.165) is 0 Å². The first-order valence-electron chi connectivity index (χ1n) is 5.56. The third kappa shape index (κ3) is 4.61. The molecule has 5 nitrogen and oxygen atoms in total. The summed E-state index contributed by atoms with van der Waals surface area (Å²) in [6.45, 7) is 0. The predicted molar refractivity (Wildman–Crippen MR) is 83.5 cm³/mol. The quantitative estimate of drug-likeness (QED) is 0.632. The Balaban J connectivity index is 3.11. The number of benzene rings is 1. The summed E-state index contributed by atoms with van der Waals surface area (Å²) in [5.74, 6) is 0.449. The molecule has 9 heteroatoms. The molecule has 1 amide bonds. The number of ether oxygens (including phenoxy) is 3. The highest BCUT2D eigenvalue weighted by Crippen LogP contribution is 2.38. The van der Waals surface area contributed by atoms with Crippen LogP contribution in [0.4, 0.5) is 0 Å². The monoisotopic (exact) mass is 375 g/mol. The Morgan fingerprint density at radius 3 is 1.90 bits per heavy atom. The summed E-state index contributed by atoms with van der Waals surface area (Å²) in [7, 11) is 4.33. The molecule has 0 fully saturated rings. The molecule has 0 aromatic heterocycles. The summed E-state index contributed by atoms with van der Waals surface area (Å²) in [5.41, 5.74) is -0.988. The number of alkyl halides is 4. The number of nitrogens with one attached hydrogen (secondary N) is 1. The summed E-state index contributed by atoms with van der Waals surface area (Å²) in [5, 5.41) is 2.35. The van der Waals surface area contributed by atoms with Crippen molar-refractivity contribution in [2.45, 2.75) is 9.29 Å². The minimum Gasteiger partial charge on any atom is -0.493 e. The normalized spacial score (nSPS) is 12.5. The van der Waals surface area contributed by atoms with Crippen molar-refractivity contribution in [1.82, 2.24) is 5.32 Å². The highest BCUT2D eigenvalue weighted by atomic mass is 35.6. The van der Waals surface area contributed by atoms with E-state index in [0.29, 0.717) is 17.2 Å². The number of methoxy groups -OCH3 is 3. The maximum absolute atomic E-state index is 12.1. The van der Waals surface area contributed by atoms with Crippen LogP contribution in [0.25, 0.3) is 0 Å². The molecule has 1 rings (SSSR count). The highest BCUT2D eigenvalue weighted by Gasteiger charge is 2.32. The number of carbonyl (C=O) groups is 1. The van der Waals surface area contributed by atoms with E-state index in [1.807, 2.05) is 0 Å². The second-order valence-electron chi connectivity index (χ2n) is 3.79. The highest BCUT2D eigenvalue weighted by molar-refractivity contribution is 6.70. The first-order valence-corrected chi connectivity index (χ1v) is 7.13. The Kier molecular flexibility index (Phi) is 6.53. The molecule has 0 aliphatic carbocycles. The minimum atomic E-state index is -1.84. The van der Waals surface area contributed by atoms with E-state index in [2.05, 4.69) is 5.32 Å². The molecule has 0 heterocycles. The lowest BCUT2D eigenvalue weighted by Crippen LogP contribution is -2.39. The molecular formula is C12H13Cl4NO4. The lowest BCUT2D eigenvalue weighted by atomic mass is 10.1. The van der Waals surface area contributed by atoms with Gasteiger partial charge in [0.25, 0.3) is 5.91 Å². The van der Waals surface area contributed by atoms with Gasteiger partial charge in [0, 0.05) is 5.56 Å². The number of halogens is 4. The van der Waals surface area contributed by atoms with Crippen LogP contribution < -0.4 is 19.5 Å². The fourth-order valence-electron chi connectivity index (χ4n) is 1.49. The van der Waals surface area contributed by atoms with Gasteiger partial charge >= 0.3 is 0 Å². The van der Waals surface area contributed by atoms with Gasteiger partial charge in [0.2, 0.25) is 9.54 Å². The largest absolute Gasteiger partial charge is 0.493 e. The van der Waals surface area contributed by atoms with Crippen LogP contribution in [0.5, 0.6) is 17.2 Å². The van der Waals surface area contributed by atoms with Crippen molar-refractivity contribution in [3.63, 3.8) is 0 Å². The number of carbonyl (C=O) groups excluding carboxylic acids is 1. The summed E-state index contributed by atoms with van der Waals surface area (Å²) in [4.78, 5) is 12.1. The summed E-state index contributed by atoms with van der Waals surface area (Å²) in [6.07, 6.45) is 0. The lowest BCUT2D eigenvalue weighted by Gasteiger charge is -2.20. The van der Waals surface area contributed by atoms with Gasteiger partial charge in [0.15, 0.2) is 17.0 Å². The maximum Gasteiger partial charge on any atom is 0.252 e.